The standard InChI is InChI=1S/C24H26N10/c1-15-8-18(4-6-27-15)34(7-3-5-25)22-10-21(31-24(26)32-22)20-13-29-23-19(20)9-16(11-28-23)17-12-30-33(2)14-17/h4,6,8-14H,3,5,7,25H2,1-2H3,(H,28,29)(H2,26,31,32). The fourth-order valence-electron chi connectivity index (χ4n) is 4.00. The molecule has 0 aromatic carbocycles. The number of hydrogen-bond donors (Lipinski definition) is 3. The summed E-state index contributed by atoms with van der Waals surface area (Å²) >= 11 is 0. The lowest BCUT2D eigenvalue weighted by molar-refractivity contribution is 0.768. The minimum absolute atomic E-state index is 0.196. The second-order valence-electron chi connectivity index (χ2n) is 8.14. The molecule has 0 aliphatic rings. The van der Waals surface area contributed by atoms with Gasteiger partial charge in [-0.2, -0.15) is 10.1 Å². The zero-order valence-corrected chi connectivity index (χ0v) is 19.1. The van der Waals surface area contributed by atoms with Crippen LogP contribution in [-0.4, -0.2) is 47.8 Å². The number of anilines is 3. The van der Waals surface area contributed by atoms with E-state index in [2.05, 4.69) is 41.0 Å². The van der Waals surface area contributed by atoms with Crippen LogP contribution in [0.1, 0.15) is 12.1 Å². The van der Waals surface area contributed by atoms with Gasteiger partial charge in [0.1, 0.15) is 11.5 Å². The Kier molecular flexibility index (Phi) is 5.64. The van der Waals surface area contributed by atoms with E-state index in [1.165, 1.54) is 0 Å². The van der Waals surface area contributed by atoms with Crippen LogP contribution >= 0.6 is 0 Å². The van der Waals surface area contributed by atoms with Gasteiger partial charge in [0.25, 0.3) is 0 Å². The highest BCUT2D eigenvalue weighted by Gasteiger charge is 2.17. The minimum atomic E-state index is 0.196. The van der Waals surface area contributed by atoms with Crippen molar-refractivity contribution < 1.29 is 0 Å². The third kappa shape index (κ3) is 4.18. The first-order valence-corrected chi connectivity index (χ1v) is 11.0. The Morgan fingerprint density at radius 1 is 1.09 bits per heavy atom. The van der Waals surface area contributed by atoms with Crippen LogP contribution in [0, 0.1) is 6.92 Å². The number of aromatic nitrogens is 7. The number of rotatable bonds is 7. The van der Waals surface area contributed by atoms with E-state index in [1.54, 1.807) is 10.9 Å². The van der Waals surface area contributed by atoms with Crippen LogP contribution in [-0.2, 0) is 7.05 Å². The zero-order valence-electron chi connectivity index (χ0n) is 19.1. The summed E-state index contributed by atoms with van der Waals surface area (Å²) in [6, 6.07) is 8.01. The number of aromatic amines is 1. The van der Waals surface area contributed by atoms with Crippen LogP contribution in [0.5, 0.6) is 0 Å². The van der Waals surface area contributed by atoms with Gasteiger partial charge in [0, 0.05) is 77.9 Å². The first kappa shape index (κ1) is 21.5. The van der Waals surface area contributed by atoms with E-state index in [-0.39, 0.29) is 5.95 Å². The highest BCUT2D eigenvalue weighted by atomic mass is 15.2. The van der Waals surface area contributed by atoms with Crippen molar-refractivity contribution in [3.63, 3.8) is 0 Å². The van der Waals surface area contributed by atoms with Crippen molar-refractivity contribution in [1.29, 1.82) is 0 Å². The molecule has 172 valence electrons. The van der Waals surface area contributed by atoms with E-state index in [0.29, 0.717) is 24.6 Å². The summed E-state index contributed by atoms with van der Waals surface area (Å²) < 4.78 is 1.77. The number of nitrogen functional groups attached to an aromatic ring is 1. The summed E-state index contributed by atoms with van der Waals surface area (Å²) in [7, 11) is 1.89. The predicted octanol–water partition coefficient (Wildman–Crippen LogP) is 3.19. The molecule has 0 saturated heterocycles. The SMILES string of the molecule is Cc1cc(N(CCCN)c2cc(-c3c[nH]c4ncc(-c5cnn(C)c5)cc34)nc(N)n2)ccn1. The van der Waals surface area contributed by atoms with Crippen LogP contribution in [0.25, 0.3) is 33.4 Å². The van der Waals surface area contributed by atoms with Crippen molar-refractivity contribution in [2.75, 3.05) is 23.7 Å². The number of nitrogens with zero attached hydrogens (tertiary/aromatic N) is 7. The van der Waals surface area contributed by atoms with Gasteiger partial charge in [-0.3, -0.25) is 9.67 Å². The molecule has 34 heavy (non-hydrogen) atoms. The van der Waals surface area contributed by atoms with Crippen molar-refractivity contribution in [2.45, 2.75) is 13.3 Å². The Morgan fingerprint density at radius 3 is 2.74 bits per heavy atom. The average molecular weight is 455 g/mol. The lowest BCUT2D eigenvalue weighted by Crippen LogP contribution is -2.22. The van der Waals surface area contributed by atoms with E-state index < -0.39 is 0 Å². The summed E-state index contributed by atoms with van der Waals surface area (Å²) in [6.07, 6.45) is 10.1. The van der Waals surface area contributed by atoms with Crippen LogP contribution in [0.4, 0.5) is 17.5 Å². The third-order valence-corrected chi connectivity index (χ3v) is 5.63. The Bertz CT molecular complexity index is 1450. The molecular formula is C24H26N10. The second kappa shape index (κ2) is 8.91. The van der Waals surface area contributed by atoms with Gasteiger partial charge in [-0.05, 0) is 38.1 Å². The van der Waals surface area contributed by atoms with Crippen LogP contribution in [0.3, 0.4) is 0 Å². The van der Waals surface area contributed by atoms with Gasteiger partial charge >= 0.3 is 0 Å². The lowest BCUT2D eigenvalue weighted by atomic mass is 10.1. The van der Waals surface area contributed by atoms with E-state index in [0.717, 1.165) is 45.5 Å². The molecule has 10 nitrogen and oxygen atoms in total. The van der Waals surface area contributed by atoms with Gasteiger partial charge in [0.05, 0.1) is 11.9 Å². The summed E-state index contributed by atoms with van der Waals surface area (Å²) in [6.45, 7) is 3.22. The van der Waals surface area contributed by atoms with E-state index in [4.69, 9.17) is 11.5 Å². The Morgan fingerprint density at radius 2 is 1.97 bits per heavy atom. The van der Waals surface area contributed by atoms with Gasteiger partial charge in [-0.15, -0.1) is 0 Å². The maximum absolute atomic E-state index is 6.18. The third-order valence-electron chi connectivity index (χ3n) is 5.63. The van der Waals surface area contributed by atoms with Crippen molar-refractivity contribution in [2.24, 2.45) is 12.8 Å². The molecule has 0 amide bonds. The molecule has 5 heterocycles. The largest absolute Gasteiger partial charge is 0.368 e. The first-order valence-electron chi connectivity index (χ1n) is 11.0. The minimum Gasteiger partial charge on any atom is -0.368 e. The van der Waals surface area contributed by atoms with E-state index in [9.17, 15) is 0 Å². The Labute approximate surface area is 196 Å². The van der Waals surface area contributed by atoms with E-state index >= 15 is 0 Å². The Hall–Kier alpha value is -4.31. The fourth-order valence-corrected chi connectivity index (χ4v) is 4.00. The molecule has 5 rings (SSSR count). The van der Waals surface area contributed by atoms with Gasteiger partial charge in [-0.25, -0.2) is 9.97 Å². The number of aryl methyl sites for hydroxylation is 2. The molecule has 0 aliphatic heterocycles. The number of hydrogen-bond acceptors (Lipinski definition) is 8. The van der Waals surface area contributed by atoms with Crippen LogP contribution < -0.4 is 16.4 Å². The molecule has 10 heteroatoms. The Balaban J connectivity index is 1.60. The molecule has 0 unspecified atom stereocenters. The molecule has 5 aromatic heterocycles. The monoisotopic (exact) mass is 454 g/mol. The molecule has 0 fully saturated rings. The first-order chi connectivity index (χ1) is 16.5. The van der Waals surface area contributed by atoms with Crippen LogP contribution in [0.2, 0.25) is 0 Å². The number of nitrogens with one attached hydrogen (secondary N) is 1. The van der Waals surface area contributed by atoms with Crippen molar-refractivity contribution in [3.8, 4) is 22.4 Å². The van der Waals surface area contributed by atoms with Gasteiger partial charge in [0.2, 0.25) is 5.95 Å². The molecule has 0 bridgehead atoms. The molecule has 0 saturated carbocycles. The predicted molar refractivity (Wildman–Crippen MR) is 133 cm³/mol. The van der Waals surface area contributed by atoms with Gasteiger partial charge in [-0.1, -0.05) is 0 Å². The molecule has 0 aliphatic carbocycles. The summed E-state index contributed by atoms with van der Waals surface area (Å²) in [5, 5.41) is 5.21. The van der Waals surface area contributed by atoms with Gasteiger partial charge in [0.15, 0.2) is 0 Å². The fraction of sp³-hybridized carbons (Fsp3) is 0.208. The second-order valence-corrected chi connectivity index (χ2v) is 8.14. The highest BCUT2D eigenvalue weighted by Crippen LogP contribution is 2.33. The summed E-state index contributed by atoms with van der Waals surface area (Å²) in [5.74, 6) is 0.897. The van der Waals surface area contributed by atoms with Crippen LogP contribution in [0.15, 0.2) is 55.2 Å². The molecule has 0 radical (unpaired) electrons. The molecular weight excluding hydrogens is 428 g/mol. The maximum atomic E-state index is 6.18. The highest BCUT2D eigenvalue weighted by molar-refractivity contribution is 5.95. The normalized spacial score (nSPS) is 11.3. The smallest absolute Gasteiger partial charge is 0.222 e. The molecule has 0 atom stereocenters. The number of H-pyrrole nitrogens is 1. The van der Waals surface area contributed by atoms with Gasteiger partial charge < -0.3 is 21.4 Å². The molecule has 5 N–H and O–H groups in total. The molecule has 0 spiro atoms. The summed E-state index contributed by atoms with van der Waals surface area (Å²) in [5.41, 5.74) is 18.2. The average Bonchev–Trinajstić information content (AvgIpc) is 3.45. The summed E-state index contributed by atoms with van der Waals surface area (Å²) in [4.78, 5) is 23.3. The maximum Gasteiger partial charge on any atom is 0.222 e. The quantitative estimate of drug-likeness (QED) is 0.340. The zero-order chi connectivity index (χ0) is 23.7. The number of nitrogens with two attached hydrogens (primary N) is 2. The number of fused-ring (bicyclic) bond motifs is 1. The van der Waals surface area contributed by atoms with E-state index in [1.807, 2.05) is 57.0 Å². The number of pyridine rings is 2. The van der Waals surface area contributed by atoms with Crippen molar-refractivity contribution in [3.05, 3.63) is 60.9 Å². The lowest BCUT2D eigenvalue weighted by Gasteiger charge is -2.24. The van der Waals surface area contributed by atoms with Crippen molar-refractivity contribution >= 4 is 28.5 Å². The van der Waals surface area contributed by atoms with Crippen molar-refractivity contribution in [1.82, 2.24) is 34.7 Å². The molecule has 5 aromatic rings. The topological polar surface area (TPSA) is 140 Å².